The number of benzene rings is 1. The van der Waals surface area contributed by atoms with Crippen LogP contribution >= 0.6 is 11.8 Å². The van der Waals surface area contributed by atoms with Crippen molar-refractivity contribution < 1.29 is 9.90 Å². The summed E-state index contributed by atoms with van der Waals surface area (Å²) in [5, 5.41) is 22.7. The van der Waals surface area contributed by atoms with E-state index in [0.29, 0.717) is 6.42 Å². The Bertz CT molecular complexity index is 709. The number of hydrogen-bond donors (Lipinski definition) is 1. The molecular weight excluding hydrogens is 350 g/mol. The van der Waals surface area contributed by atoms with Gasteiger partial charge in [0.1, 0.15) is 0 Å². The highest BCUT2D eigenvalue weighted by Crippen LogP contribution is 2.24. The minimum atomic E-state index is -0.387. The molecular formula is C18H25N5O2S. The zero-order valence-electron chi connectivity index (χ0n) is 15.0. The fraction of sp³-hybridized carbons (Fsp3) is 0.556. The van der Waals surface area contributed by atoms with Crippen LogP contribution in [0.4, 0.5) is 0 Å². The van der Waals surface area contributed by atoms with Crippen molar-refractivity contribution in [2.45, 2.75) is 55.8 Å². The Morgan fingerprint density at radius 1 is 1.31 bits per heavy atom. The SMILES string of the molecule is CN(C(=O)CCCSc1nnnn1-c1ccccc1)C1CCCCC1O. The Labute approximate surface area is 157 Å². The molecule has 0 bridgehead atoms. The first-order valence-electron chi connectivity index (χ1n) is 9.07. The molecule has 2 atom stereocenters. The lowest BCUT2D eigenvalue weighted by molar-refractivity contribution is -0.135. The van der Waals surface area contributed by atoms with E-state index in [4.69, 9.17) is 0 Å². The monoisotopic (exact) mass is 375 g/mol. The molecule has 8 heteroatoms. The molecule has 1 aromatic heterocycles. The number of carbonyl (C=O) groups is 1. The van der Waals surface area contributed by atoms with E-state index in [0.717, 1.165) is 48.7 Å². The van der Waals surface area contributed by atoms with Crippen LogP contribution in [-0.2, 0) is 4.79 Å². The fourth-order valence-corrected chi connectivity index (χ4v) is 4.12. The number of para-hydroxylation sites is 1. The Morgan fingerprint density at radius 3 is 2.85 bits per heavy atom. The van der Waals surface area contributed by atoms with Crippen LogP contribution in [0.25, 0.3) is 5.69 Å². The lowest BCUT2D eigenvalue weighted by atomic mass is 9.91. The zero-order chi connectivity index (χ0) is 18.4. The van der Waals surface area contributed by atoms with Gasteiger partial charge in [0, 0.05) is 19.2 Å². The van der Waals surface area contributed by atoms with Crippen LogP contribution in [0.1, 0.15) is 38.5 Å². The molecule has 1 amide bonds. The van der Waals surface area contributed by atoms with E-state index < -0.39 is 0 Å². The Balaban J connectivity index is 1.46. The van der Waals surface area contributed by atoms with E-state index in [-0.39, 0.29) is 18.1 Å². The molecule has 0 aliphatic heterocycles. The largest absolute Gasteiger partial charge is 0.391 e. The topological polar surface area (TPSA) is 84.1 Å². The quantitative estimate of drug-likeness (QED) is 0.590. The number of rotatable bonds is 7. The van der Waals surface area contributed by atoms with E-state index in [9.17, 15) is 9.90 Å². The summed E-state index contributed by atoms with van der Waals surface area (Å²) < 4.78 is 1.71. The lowest BCUT2D eigenvalue weighted by Gasteiger charge is -2.35. The van der Waals surface area contributed by atoms with Gasteiger partial charge in [0.25, 0.3) is 0 Å². The maximum atomic E-state index is 12.4. The molecule has 2 aromatic rings. The van der Waals surface area contributed by atoms with Gasteiger partial charge in [-0.05, 0) is 41.8 Å². The molecule has 7 nitrogen and oxygen atoms in total. The van der Waals surface area contributed by atoms with Crippen molar-refractivity contribution in [3.63, 3.8) is 0 Å². The summed E-state index contributed by atoms with van der Waals surface area (Å²) in [5.74, 6) is 0.860. The van der Waals surface area contributed by atoms with E-state index >= 15 is 0 Å². The molecule has 1 saturated carbocycles. The zero-order valence-corrected chi connectivity index (χ0v) is 15.8. The Hall–Kier alpha value is -1.93. The first kappa shape index (κ1) is 18.8. The number of tetrazole rings is 1. The molecule has 26 heavy (non-hydrogen) atoms. The first-order valence-corrected chi connectivity index (χ1v) is 10.1. The van der Waals surface area contributed by atoms with Crippen molar-refractivity contribution in [2.24, 2.45) is 0 Å². The molecule has 1 N–H and O–H groups in total. The van der Waals surface area contributed by atoms with Gasteiger partial charge in [-0.3, -0.25) is 4.79 Å². The number of likely N-dealkylation sites (N-methyl/N-ethyl adjacent to an activating group) is 1. The van der Waals surface area contributed by atoms with Crippen LogP contribution in [-0.4, -0.2) is 61.1 Å². The summed E-state index contributed by atoms with van der Waals surface area (Å²) in [6.45, 7) is 0. The number of hydrogen-bond acceptors (Lipinski definition) is 6. The van der Waals surface area contributed by atoms with Crippen molar-refractivity contribution >= 4 is 17.7 Å². The molecule has 0 spiro atoms. The number of carbonyl (C=O) groups excluding carboxylic acids is 1. The number of nitrogens with zero attached hydrogens (tertiary/aromatic N) is 5. The van der Waals surface area contributed by atoms with Crippen molar-refractivity contribution in [3.8, 4) is 5.69 Å². The molecule has 3 rings (SSSR count). The molecule has 2 unspecified atom stereocenters. The highest BCUT2D eigenvalue weighted by Gasteiger charge is 2.28. The summed E-state index contributed by atoms with van der Waals surface area (Å²) in [6, 6.07) is 9.71. The number of aromatic nitrogens is 4. The molecule has 1 aliphatic rings. The van der Waals surface area contributed by atoms with E-state index in [1.807, 2.05) is 37.4 Å². The normalized spacial score (nSPS) is 20.1. The van der Waals surface area contributed by atoms with Crippen molar-refractivity contribution in [1.82, 2.24) is 25.1 Å². The van der Waals surface area contributed by atoms with Gasteiger partial charge < -0.3 is 10.0 Å². The maximum Gasteiger partial charge on any atom is 0.222 e. The van der Waals surface area contributed by atoms with Crippen LogP contribution in [0.5, 0.6) is 0 Å². The van der Waals surface area contributed by atoms with Gasteiger partial charge >= 0.3 is 0 Å². The molecule has 1 heterocycles. The molecule has 140 valence electrons. The molecule has 0 saturated heterocycles. The summed E-state index contributed by atoms with van der Waals surface area (Å²) in [7, 11) is 1.81. The summed E-state index contributed by atoms with van der Waals surface area (Å²) >= 11 is 1.55. The lowest BCUT2D eigenvalue weighted by Crippen LogP contribution is -2.46. The van der Waals surface area contributed by atoms with Crippen molar-refractivity contribution in [1.29, 1.82) is 0 Å². The highest BCUT2D eigenvalue weighted by atomic mass is 32.2. The van der Waals surface area contributed by atoms with Gasteiger partial charge in [-0.2, -0.15) is 4.68 Å². The number of amides is 1. The van der Waals surface area contributed by atoms with E-state index in [1.54, 1.807) is 21.3 Å². The van der Waals surface area contributed by atoms with E-state index in [2.05, 4.69) is 15.5 Å². The van der Waals surface area contributed by atoms with Crippen LogP contribution in [0.3, 0.4) is 0 Å². The van der Waals surface area contributed by atoms with Gasteiger partial charge in [-0.25, -0.2) is 0 Å². The predicted molar refractivity (Wildman–Crippen MR) is 100 cm³/mol. The smallest absolute Gasteiger partial charge is 0.222 e. The standard InChI is InChI=1S/C18H25N5O2S/c1-22(15-10-5-6-11-16(15)24)17(25)12-7-13-26-18-19-20-21-23(18)14-8-3-2-4-9-14/h2-4,8-9,15-16,24H,5-7,10-13H2,1H3. The predicted octanol–water partition coefficient (Wildman–Crippen LogP) is 2.30. The van der Waals surface area contributed by atoms with Crippen molar-refractivity contribution in [2.75, 3.05) is 12.8 Å². The summed E-state index contributed by atoms with van der Waals surface area (Å²) in [6.07, 6.45) is 4.65. The summed E-state index contributed by atoms with van der Waals surface area (Å²) in [4.78, 5) is 14.1. The van der Waals surface area contributed by atoms with E-state index in [1.165, 1.54) is 0 Å². The maximum absolute atomic E-state index is 12.4. The van der Waals surface area contributed by atoms with Crippen LogP contribution < -0.4 is 0 Å². The molecule has 1 aromatic carbocycles. The molecule has 0 radical (unpaired) electrons. The highest BCUT2D eigenvalue weighted by molar-refractivity contribution is 7.99. The average Bonchev–Trinajstić information content (AvgIpc) is 3.14. The third kappa shape index (κ3) is 4.62. The van der Waals surface area contributed by atoms with Gasteiger partial charge in [0.2, 0.25) is 11.1 Å². The average molecular weight is 375 g/mol. The minimum absolute atomic E-state index is 0.0331. The van der Waals surface area contributed by atoms with Gasteiger partial charge in [-0.15, -0.1) is 5.10 Å². The second-order valence-electron chi connectivity index (χ2n) is 6.58. The number of aliphatic hydroxyl groups is 1. The second-order valence-corrected chi connectivity index (χ2v) is 7.65. The first-order chi connectivity index (χ1) is 12.7. The second kappa shape index (κ2) is 9.14. The molecule has 1 aliphatic carbocycles. The Morgan fingerprint density at radius 2 is 2.08 bits per heavy atom. The van der Waals surface area contributed by atoms with Crippen LogP contribution in [0.15, 0.2) is 35.5 Å². The fourth-order valence-electron chi connectivity index (χ4n) is 3.29. The summed E-state index contributed by atoms with van der Waals surface area (Å²) in [5.41, 5.74) is 0.919. The van der Waals surface area contributed by atoms with Gasteiger partial charge in [0.15, 0.2) is 0 Å². The third-order valence-electron chi connectivity index (χ3n) is 4.79. The Kier molecular flexibility index (Phi) is 6.62. The van der Waals surface area contributed by atoms with Crippen LogP contribution in [0.2, 0.25) is 0 Å². The molecule has 1 fully saturated rings. The van der Waals surface area contributed by atoms with Gasteiger partial charge in [0.05, 0.1) is 17.8 Å². The number of aliphatic hydroxyl groups excluding tert-OH is 1. The number of thioether (sulfide) groups is 1. The van der Waals surface area contributed by atoms with Crippen LogP contribution in [0, 0.1) is 0 Å². The minimum Gasteiger partial charge on any atom is -0.391 e. The van der Waals surface area contributed by atoms with Gasteiger partial charge in [-0.1, -0.05) is 42.8 Å². The van der Waals surface area contributed by atoms with Crippen molar-refractivity contribution in [3.05, 3.63) is 30.3 Å². The third-order valence-corrected chi connectivity index (χ3v) is 5.80.